The quantitative estimate of drug-likeness (QED) is 0.474. The first-order valence-electron chi connectivity index (χ1n) is 4.18. The predicted molar refractivity (Wildman–Crippen MR) is 56.6 cm³/mol. The highest BCUT2D eigenvalue weighted by Crippen LogP contribution is 1.83. The molecule has 3 heteroatoms. The summed E-state index contributed by atoms with van der Waals surface area (Å²) in [5.74, 6) is 5.67. The van der Waals surface area contributed by atoms with E-state index in [1.54, 1.807) is 20.4 Å². The summed E-state index contributed by atoms with van der Waals surface area (Å²) in [6.07, 6.45) is 1.69. The average molecular weight is 180 g/mol. The molecule has 0 heterocycles. The van der Waals surface area contributed by atoms with Crippen molar-refractivity contribution in [3.63, 3.8) is 0 Å². The Labute approximate surface area is 79.9 Å². The third-order valence-electron chi connectivity index (χ3n) is 1.17. The first-order valence-corrected chi connectivity index (χ1v) is 4.18. The molecule has 72 valence electrons. The standard InChI is InChI=1S/C10H16N2O/c1-9(2)12-8-10(11-3)6-5-7-13-4/h8-9H,7H2,1-4H3. The van der Waals surface area contributed by atoms with Crippen LogP contribution in [0.25, 0.3) is 0 Å². The number of aliphatic imine (C=N–C) groups is 2. The molecule has 13 heavy (non-hydrogen) atoms. The lowest BCUT2D eigenvalue weighted by Gasteiger charge is -1.92. The third kappa shape index (κ3) is 7.23. The lowest BCUT2D eigenvalue weighted by atomic mass is 10.3. The molecule has 0 atom stereocenters. The van der Waals surface area contributed by atoms with Gasteiger partial charge in [-0.15, -0.1) is 0 Å². The van der Waals surface area contributed by atoms with Crippen LogP contribution >= 0.6 is 0 Å². The Morgan fingerprint density at radius 2 is 2.23 bits per heavy atom. The van der Waals surface area contributed by atoms with Crippen LogP contribution < -0.4 is 0 Å². The van der Waals surface area contributed by atoms with Crippen LogP contribution in [0.4, 0.5) is 0 Å². The number of ether oxygens (including phenoxy) is 1. The second-order valence-corrected chi connectivity index (χ2v) is 2.72. The van der Waals surface area contributed by atoms with E-state index in [1.807, 2.05) is 13.8 Å². The van der Waals surface area contributed by atoms with Gasteiger partial charge in [0, 0.05) is 20.2 Å². The van der Waals surface area contributed by atoms with Gasteiger partial charge in [0.25, 0.3) is 0 Å². The Morgan fingerprint density at radius 1 is 1.54 bits per heavy atom. The van der Waals surface area contributed by atoms with Gasteiger partial charge in [-0.1, -0.05) is 5.92 Å². The van der Waals surface area contributed by atoms with Crippen molar-refractivity contribution in [3.05, 3.63) is 0 Å². The van der Waals surface area contributed by atoms with Crippen LogP contribution in [0.15, 0.2) is 9.98 Å². The molecule has 0 aliphatic carbocycles. The molecule has 0 spiro atoms. The monoisotopic (exact) mass is 180 g/mol. The zero-order valence-corrected chi connectivity index (χ0v) is 8.66. The molecule has 3 nitrogen and oxygen atoms in total. The van der Waals surface area contributed by atoms with Gasteiger partial charge in [-0.2, -0.15) is 0 Å². The number of nitrogens with zero attached hydrogens (tertiary/aromatic N) is 2. The van der Waals surface area contributed by atoms with Crippen LogP contribution in [0.3, 0.4) is 0 Å². The highest BCUT2D eigenvalue weighted by Gasteiger charge is 1.88. The minimum Gasteiger partial charge on any atom is -0.372 e. The number of hydrogen-bond acceptors (Lipinski definition) is 3. The SMILES string of the molecule is CN=C(C#CCOC)C=NC(C)C. The van der Waals surface area contributed by atoms with Gasteiger partial charge in [-0.25, -0.2) is 0 Å². The van der Waals surface area contributed by atoms with E-state index in [1.165, 1.54) is 0 Å². The molecule has 0 aliphatic heterocycles. The van der Waals surface area contributed by atoms with Crippen molar-refractivity contribution < 1.29 is 4.74 Å². The summed E-state index contributed by atoms with van der Waals surface area (Å²) >= 11 is 0. The van der Waals surface area contributed by atoms with Crippen LogP contribution in [0, 0.1) is 11.8 Å². The molecule has 0 amide bonds. The number of rotatable bonds is 3. The molecule has 0 bridgehead atoms. The van der Waals surface area contributed by atoms with E-state index in [4.69, 9.17) is 4.74 Å². The van der Waals surface area contributed by atoms with Crippen LogP contribution in [-0.2, 0) is 4.74 Å². The van der Waals surface area contributed by atoms with Crippen molar-refractivity contribution >= 4 is 11.9 Å². The fraction of sp³-hybridized carbons (Fsp3) is 0.600. The van der Waals surface area contributed by atoms with E-state index in [-0.39, 0.29) is 6.04 Å². The maximum absolute atomic E-state index is 4.79. The van der Waals surface area contributed by atoms with Gasteiger partial charge < -0.3 is 4.74 Å². The molecule has 0 saturated carbocycles. The second-order valence-electron chi connectivity index (χ2n) is 2.72. The normalized spacial score (nSPS) is 11.9. The van der Waals surface area contributed by atoms with E-state index in [2.05, 4.69) is 21.8 Å². The van der Waals surface area contributed by atoms with E-state index in [0.717, 1.165) is 0 Å². The Morgan fingerprint density at radius 3 is 2.69 bits per heavy atom. The smallest absolute Gasteiger partial charge is 0.125 e. The minimum absolute atomic E-state index is 0.279. The van der Waals surface area contributed by atoms with Gasteiger partial charge in [0.2, 0.25) is 0 Å². The van der Waals surface area contributed by atoms with Crippen molar-refractivity contribution in [2.45, 2.75) is 19.9 Å². The fourth-order valence-electron chi connectivity index (χ4n) is 0.564. The van der Waals surface area contributed by atoms with Gasteiger partial charge in [-0.3, -0.25) is 9.98 Å². The molecule has 0 aromatic rings. The summed E-state index contributed by atoms with van der Waals surface area (Å²) in [7, 11) is 3.31. The molecular formula is C10H16N2O. The summed E-state index contributed by atoms with van der Waals surface area (Å²) in [6.45, 7) is 4.44. The lowest BCUT2D eigenvalue weighted by Crippen LogP contribution is -2.00. The van der Waals surface area contributed by atoms with Gasteiger partial charge >= 0.3 is 0 Å². The minimum atomic E-state index is 0.279. The predicted octanol–water partition coefficient (Wildman–Crippen LogP) is 1.19. The topological polar surface area (TPSA) is 34.0 Å². The molecule has 0 unspecified atom stereocenters. The molecule has 0 N–H and O–H groups in total. The number of hydrogen-bond donors (Lipinski definition) is 0. The van der Waals surface area contributed by atoms with Crippen LogP contribution in [0.2, 0.25) is 0 Å². The van der Waals surface area contributed by atoms with E-state index >= 15 is 0 Å². The summed E-state index contributed by atoms with van der Waals surface area (Å²) < 4.78 is 4.79. The van der Waals surface area contributed by atoms with Crippen LogP contribution in [0.5, 0.6) is 0 Å². The molecule has 0 saturated heterocycles. The number of methoxy groups -OCH3 is 1. The van der Waals surface area contributed by atoms with Crippen molar-refractivity contribution in [1.29, 1.82) is 0 Å². The Hall–Kier alpha value is -1.14. The zero-order chi connectivity index (χ0) is 10.1. The molecular weight excluding hydrogens is 164 g/mol. The lowest BCUT2D eigenvalue weighted by molar-refractivity contribution is 0.240. The highest BCUT2D eigenvalue weighted by atomic mass is 16.5. The van der Waals surface area contributed by atoms with Crippen molar-refractivity contribution in [1.82, 2.24) is 0 Å². The molecule has 0 aliphatic rings. The van der Waals surface area contributed by atoms with Crippen LogP contribution in [-0.4, -0.2) is 38.7 Å². The summed E-state index contributed by atoms with van der Waals surface area (Å²) in [5, 5.41) is 0. The molecule has 0 rings (SSSR count). The van der Waals surface area contributed by atoms with E-state index < -0.39 is 0 Å². The largest absolute Gasteiger partial charge is 0.372 e. The molecule has 0 aromatic heterocycles. The van der Waals surface area contributed by atoms with Gasteiger partial charge in [0.15, 0.2) is 0 Å². The van der Waals surface area contributed by atoms with Gasteiger partial charge in [0.05, 0.1) is 6.21 Å². The van der Waals surface area contributed by atoms with Crippen molar-refractivity contribution in [2.24, 2.45) is 9.98 Å². The molecule has 0 aromatic carbocycles. The summed E-state index contributed by atoms with van der Waals surface area (Å²) in [6, 6.07) is 0.279. The second kappa shape index (κ2) is 7.51. The maximum atomic E-state index is 4.79. The maximum Gasteiger partial charge on any atom is 0.125 e. The Balaban J connectivity index is 4.16. The van der Waals surface area contributed by atoms with Crippen molar-refractivity contribution in [3.8, 4) is 11.8 Å². The Kier molecular flexibility index (Phi) is 6.85. The van der Waals surface area contributed by atoms with Gasteiger partial charge in [0.1, 0.15) is 12.3 Å². The summed E-state index contributed by atoms with van der Waals surface area (Å²) in [4.78, 5) is 8.15. The third-order valence-corrected chi connectivity index (χ3v) is 1.17. The van der Waals surface area contributed by atoms with Crippen molar-refractivity contribution in [2.75, 3.05) is 20.8 Å². The first-order chi connectivity index (χ1) is 6.20. The zero-order valence-electron chi connectivity index (χ0n) is 8.66. The molecule has 0 fully saturated rings. The fourth-order valence-corrected chi connectivity index (χ4v) is 0.564. The van der Waals surface area contributed by atoms with E-state index in [0.29, 0.717) is 12.3 Å². The summed E-state index contributed by atoms with van der Waals surface area (Å²) in [5.41, 5.74) is 0.686. The average Bonchev–Trinajstić information content (AvgIpc) is 2.10. The van der Waals surface area contributed by atoms with E-state index in [9.17, 15) is 0 Å². The highest BCUT2D eigenvalue weighted by molar-refractivity contribution is 6.38. The molecule has 0 radical (unpaired) electrons. The Bertz CT molecular complexity index is 243. The first kappa shape index (κ1) is 11.9. The van der Waals surface area contributed by atoms with Gasteiger partial charge in [-0.05, 0) is 19.8 Å². The van der Waals surface area contributed by atoms with Crippen LogP contribution in [0.1, 0.15) is 13.8 Å².